The first-order chi connectivity index (χ1) is 9.81. The Morgan fingerprint density at radius 1 is 1.14 bits per heavy atom. The first-order valence-electron chi connectivity index (χ1n) is 7.36. The van der Waals surface area contributed by atoms with E-state index in [1.165, 1.54) is 0 Å². The number of carboxylic acid groups (broad SMARTS) is 1. The van der Waals surface area contributed by atoms with E-state index in [0.29, 0.717) is 19.5 Å². The van der Waals surface area contributed by atoms with E-state index in [1.54, 1.807) is 4.90 Å². The first-order valence-corrected chi connectivity index (χ1v) is 7.36. The number of nitrogens with one attached hydrogen (secondary N) is 2. The number of nitrogens with zero attached hydrogens (tertiary/aromatic N) is 1. The van der Waals surface area contributed by atoms with Crippen molar-refractivity contribution in [2.24, 2.45) is 5.92 Å². The van der Waals surface area contributed by atoms with Gasteiger partial charge in [-0.3, -0.25) is 4.79 Å². The van der Waals surface area contributed by atoms with Gasteiger partial charge in [0.25, 0.3) is 0 Å². The van der Waals surface area contributed by atoms with Crippen molar-refractivity contribution in [3.8, 4) is 0 Å². The molecule has 7 heteroatoms. The van der Waals surface area contributed by atoms with E-state index in [-0.39, 0.29) is 24.8 Å². The largest absolute Gasteiger partial charge is 0.480 e. The molecule has 0 unspecified atom stereocenters. The Balaban J connectivity index is 4.14. The lowest BCUT2D eigenvalue weighted by atomic mass is 10.0. The molecule has 0 heterocycles. The van der Waals surface area contributed by atoms with Crippen LogP contribution in [0.1, 0.15) is 40.5 Å². The van der Waals surface area contributed by atoms with Crippen LogP contribution in [-0.2, 0) is 9.59 Å². The van der Waals surface area contributed by atoms with E-state index in [9.17, 15) is 14.4 Å². The van der Waals surface area contributed by atoms with Crippen molar-refractivity contribution in [1.82, 2.24) is 15.5 Å². The highest BCUT2D eigenvalue weighted by atomic mass is 16.4. The molecule has 0 saturated carbocycles. The molecule has 0 aliphatic heterocycles. The molecular formula is C14H27N3O4. The zero-order valence-corrected chi connectivity index (χ0v) is 13.3. The molecule has 0 rings (SSSR count). The van der Waals surface area contributed by atoms with Gasteiger partial charge >= 0.3 is 12.0 Å². The second kappa shape index (κ2) is 10.0. The van der Waals surface area contributed by atoms with Crippen LogP contribution in [0.15, 0.2) is 0 Å². The fourth-order valence-electron chi connectivity index (χ4n) is 1.92. The number of rotatable bonds is 9. The van der Waals surface area contributed by atoms with Crippen LogP contribution < -0.4 is 10.6 Å². The fraction of sp³-hybridized carbons (Fsp3) is 0.786. The molecule has 0 aliphatic carbocycles. The van der Waals surface area contributed by atoms with Crippen molar-refractivity contribution in [2.45, 2.75) is 46.6 Å². The third-order valence-corrected chi connectivity index (χ3v) is 3.05. The molecule has 21 heavy (non-hydrogen) atoms. The Morgan fingerprint density at radius 3 is 2.14 bits per heavy atom. The number of aliphatic carboxylic acids is 1. The maximum Gasteiger partial charge on any atom is 0.326 e. The van der Waals surface area contributed by atoms with Gasteiger partial charge in [-0.2, -0.15) is 0 Å². The Bertz CT molecular complexity index is 354. The Kier molecular flexibility index (Phi) is 9.16. The quantitative estimate of drug-likeness (QED) is 0.592. The van der Waals surface area contributed by atoms with Crippen LogP contribution in [0.25, 0.3) is 0 Å². The average molecular weight is 301 g/mol. The molecule has 0 aromatic heterocycles. The second-order valence-electron chi connectivity index (χ2n) is 5.24. The van der Waals surface area contributed by atoms with E-state index >= 15 is 0 Å². The van der Waals surface area contributed by atoms with Crippen LogP contribution in [0.5, 0.6) is 0 Å². The van der Waals surface area contributed by atoms with Gasteiger partial charge in [-0.05, 0) is 26.2 Å². The molecule has 0 saturated heterocycles. The third-order valence-electron chi connectivity index (χ3n) is 3.05. The predicted octanol–water partition coefficient (Wildman–Crippen LogP) is 1.04. The van der Waals surface area contributed by atoms with Gasteiger partial charge in [0.05, 0.1) is 0 Å². The Labute approximate surface area is 126 Å². The predicted molar refractivity (Wildman–Crippen MR) is 80.0 cm³/mol. The molecule has 0 aromatic rings. The summed E-state index contributed by atoms with van der Waals surface area (Å²) in [4.78, 5) is 36.0. The molecule has 0 fully saturated rings. The maximum absolute atomic E-state index is 11.7. The minimum Gasteiger partial charge on any atom is -0.480 e. The van der Waals surface area contributed by atoms with Gasteiger partial charge in [-0.15, -0.1) is 0 Å². The summed E-state index contributed by atoms with van der Waals surface area (Å²) in [5.74, 6) is -0.925. The van der Waals surface area contributed by atoms with Crippen LogP contribution in [0.4, 0.5) is 4.79 Å². The number of hydrogen-bond acceptors (Lipinski definition) is 3. The average Bonchev–Trinajstić information content (AvgIpc) is 2.38. The molecular weight excluding hydrogens is 274 g/mol. The topological polar surface area (TPSA) is 98.7 Å². The van der Waals surface area contributed by atoms with Crippen molar-refractivity contribution in [3.63, 3.8) is 0 Å². The van der Waals surface area contributed by atoms with E-state index in [4.69, 9.17) is 5.11 Å². The van der Waals surface area contributed by atoms with Crippen LogP contribution in [0, 0.1) is 5.92 Å². The van der Waals surface area contributed by atoms with Crippen LogP contribution >= 0.6 is 0 Å². The summed E-state index contributed by atoms with van der Waals surface area (Å²) in [6.45, 7) is 9.02. The van der Waals surface area contributed by atoms with E-state index < -0.39 is 18.0 Å². The van der Waals surface area contributed by atoms with E-state index in [1.807, 2.05) is 27.7 Å². The Morgan fingerprint density at radius 2 is 1.71 bits per heavy atom. The highest BCUT2D eigenvalue weighted by Crippen LogP contribution is 2.04. The van der Waals surface area contributed by atoms with E-state index in [2.05, 4.69) is 10.6 Å². The third kappa shape index (κ3) is 8.16. The highest BCUT2D eigenvalue weighted by Gasteiger charge is 2.21. The smallest absolute Gasteiger partial charge is 0.326 e. The molecule has 0 spiro atoms. The molecule has 0 radical (unpaired) electrons. The van der Waals surface area contributed by atoms with Gasteiger partial charge in [0, 0.05) is 26.1 Å². The van der Waals surface area contributed by atoms with Gasteiger partial charge in [0.15, 0.2) is 0 Å². The number of urea groups is 1. The first kappa shape index (κ1) is 19.2. The summed E-state index contributed by atoms with van der Waals surface area (Å²) < 4.78 is 0. The Hall–Kier alpha value is -1.79. The van der Waals surface area contributed by atoms with Crippen LogP contribution in [0.2, 0.25) is 0 Å². The number of carbonyl (C=O) groups is 3. The maximum atomic E-state index is 11.7. The monoisotopic (exact) mass is 301 g/mol. The summed E-state index contributed by atoms with van der Waals surface area (Å²) >= 11 is 0. The molecule has 3 amide bonds. The van der Waals surface area contributed by atoms with Gasteiger partial charge in [0.2, 0.25) is 5.91 Å². The molecule has 3 N–H and O–H groups in total. The van der Waals surface area contributed by atoms with Gasteiger partial charge < -0.3 is 20.6 Å². The standard InChI is InChI=1S/C14H27N3O4/c1-5-17(6-2)12(18)7-8-15-14(21)16-11(13(19)20)9-10(3)4/h10-11H,5-9H2,1-4H3,(H,19,20)(H2,15,16,21)/t11-/m1/s1. The minimum atomic E-state index is -1.06. The lowest BCUT2D eigenvalue weighted by Crippen LogP contribution is -2.47. The molecule has 1 atom stereocenters. The van der Waals surface area contributed by atoms with Crippen LogP contribution in [0.3, 0.4) is 0 Å². The minimum absolute atomic E-state index is 0.0303. The van der Waals surface area contributed by atoms with Crippen LogP contribution in [-0.4, -0.2) is 53.6 Å². The zero-order chi connectivity index (χ0) is 16.4. The highest BCUT2D eigenvalue weighted by molar-refractivity contribution is 5.83. The summed E-state index contributed by atoms with van der Waals surface area (Å²) in [5, 5.41) is 13.9. The number of amides is 3. The van der Waals surface area contributed by atoms with Gasteiger partial charge in [-0.25, -0.2) is 9.59 Å². The zero-order valence-electron chi connectivity index (χ0n) is 13.3. The van der Waals surface area contributed by atoms with E-state index in [0.717, 1.165) is 0 Å². The fourth-order valence-corrected chi connectivity index (χ4v) is 1.92. The molecule has 122 valence electrons. The van der Waals surface area contributed by atoms with Crippen molar-refractivity contribution < 1.29 is 19.5 Å². The molecule has 0 bridgehead atoms. The molecule has 0 aliphatic rings. The van der Waals surface area contributed by atoms with Crippen molar-refractivity contribution >= 4 is 17.9 Å². The summed E-state index contributed by atoms with van der Waals surface area (Å²) in [6.07, 6.45) is 0.568. The molecule has 7 nitrogen and oxygen atoms in total. The second-order valence-corrected chi connectivity index (χ2v) is 5.24. The summed E-state index contributed by atoms with van der Waals surface area (Å²) in [6, 6.07) is -1.47. The summed E-state index contributed by atoms with van der Waals surface area (Å²) in [5.41, 5.74) is 0. The number of carboxylic acids is 1. The number of hydrogen-bond donors (Lipinski definition) is 3. The normalized spacial score (nSPS) is 11.9. The SMILES string of the molecule is CCN(CC)C(=O)CCNC(=O)N[C@H](CC(C)C)C(=O)O. The lowest BCUT2D eigenvalue weighted by molar-refractivity contribution is -0.139. The number of carbonyl (C=O) groups excluding carboxylic acids is 2. The van der Waals surface area contributed by atoms with Crippen molar-refractivity contribution in [2.75, 3.05) is 19.6 Å². The van der Waals surface area contributed by atoms with Crippen molar-refractivity contribution in [1.29, 1.82) is 0 Å². The molecule has 0 aromatic carbocycles. The van der Waals surface area contributed by atoms with Gasteiger partial charge in [-0.1, -0.05) is 13.8 Å². The summed E-state index contributed by atoms with van der Waals surface area (Å²) in [7, 11) is 0. The lowest BCUT2D eigenvalue weighted by Gasteiger charge is -2.19. The van der Waals surface area contributed by atoms with Gasteiger partial charge in [0.1, 0.15) is 6.04 Å². The van der Waals surface area contributed by atoms with Crippen molar-refractivity contribution in [3.05, 3.63) is 0 Å².